The Morgan fingerprint density at radius 2 is 1.86 bits per heavy atom. The number of methoxy groups -OCH3 is 1. The lowest BCUT2D eigenvalue weighted by Gasteiger charge is -2.32. The zero-order valence-electron chi connectivity index (χ0n) is 15.9. The molecule has 2 aromatic carbocycles. The molecule has 1 aliphatic rings. The van der Waals surface area contributed by atoms with Crippen molar-refractivity contribution >= 4 is 16.9 Å². The summed E-state index contributed by atoms with van der Waals surface area (Å²) in [7, 11) is 1.55. The highest BCUT2D eigenvalue weighted by molar-refractivity contribution is 5.96. The largest absolute Gasteiger partial charge is 0.497 e. The number of hydrogen-bond acceptors (Lipinski definition) is 4. The molecule has 1 fully saturated rings. The van der Waals surface area contributed by atoms with Crippen LogP contribution in [0, 0.1) is 5.92 Å². The number of rotatable bonds is 4. The fourth-order valence-electron chi connectivity index (χ4n) is 3.83. The van der Waals surface area contributed by atoms with Crippen LogP contribution in [0.1, 0.15) is 28.8 Å². The highest BCUT2D eigenvalue weighted by Gasteiger charge is 2.26. The summed E-state index contributed by atoms with van der Waals surface area (Å²) in [5.74, 6) is 0.923. The van der Waals surface area contributed by atoms with Crippen LogP contribution in [0.4, 0.5) is 0 Å². The Morgan fingerprint density at radius 3 is 2.57 bits per heavy atom. The average molecular weight is 377 g/mol. The molecule has 2 heterocycles. The van der Waals surface area contributed by atoms with E-state index < -0.39 is 5.63 Å². The van der Waals surface area contributed by atoms with Crippen LogP contribution >= 0.6 is 0 Å². The number of hydrogen-bond donors (Lipinski definition) is 0. The standard InChI is InChI=1S/C23H23NO4/c1-27-19-8-7-18-14-20(23(26)28-21(18)15-19)22(25)24-11-9-17(10-12-24)13-16-5-3-2-4-6-16/h2-8,14-15,17H,9-13H2,1H3. The first-order chi connectivity index (χ1) is 13.6. The summed E-state index contributed by atoms with van der Waals surface area (Å²) in [6, 6.07) is 17.3. The van der Waals surface area contributed by atoms with E-state index >= 15 is 0 Å². The molecule has 28 heavy (non-hydrogen) atoms. The first kappa shape index (κ1) is 18.3. The summed E-state index contributed by atoms with van der Waals surface area (Å²) >= 11 is 0. The third-order valence-corrected chi connectivity index (χ3v) is 5.44. The molecule has 144 valence electrons. The molecule has 0 saturated carbocycles. The molecule has 0 atom stereocenters. The van der Waals surface area contributed by atoms with Gasteiger partial charge in [0.2, 0.25) is 0 Å². The molecule has 0 radical (unpaired) electrons. The van der Waals surface area contributed by atoms with Gasteiger partial charge in [-0.15, -0.1) is 0 Å². The van der Waals surface area contributed by atoms with Crippen molar-refractivity contribution < 1.29 is 13.9 Å². The Bertz CT molecular complexity index is 1030. The second-order valence-electron chi connectivity index (χ2n) is 7.28. The Hall–Kier alpha value is -3.08. The monoisotopic (exact) mass is 377 g/mol. The normalized spacial score (nSPS) is 15.0. The van der Waals surface area contributed by atoms with Crippen LogP contribution in [0.3, 0.4) is 0 Å². The van der Waals surface area contributed by atoms with E-state index in [9.17, 15) is 9.59 Å². The van der Waals surface area contributed by atoms with Gasteiger partial charge in [-0.3, -0.25) is 4.79 Å². The Morgan fingerprint density at radius 1 is 1.11 bits per heavy atom. The Balaban J connectivity index is 1.46. The number of carbonyl (C=O) groups excluding carboxylic acids is 1. The van der Waals surface area contributed by atoms with E-state index in [0.29, 0.717) is 35.7 Å². The molecule has 0 unspecified atom stereocenters. The Kier molecular flexibility index (Phi) is 5.15. The van der Waals surface area contributed by atoms with Gasteiger partial charge in [0, 0.05) is 24.5 Å². The third kappa shape index (κ3) is 3.79. The van der Waals surface area contributed by atoms with Gasteiger partial charge in [0.15, 0.2) is 0 Å². The fraction of sp³-hybridized carbons (Fsp3) is 0.304. The maximum atomic E-state index is 12.9. The van der Waals surface area contributed by atoms with Gasteiger partial charge in [-0.2, -0.15) is 0 Å². The molecule has 1 aromatic heterocycles. The first-order valence-electron chi connectivity index (χ1n) is 9.59. The minimum Gasteiger partial charge on any atom is -0.497 e. The lowest BCUT2D eigenvalue weighted by atomic mass is 9.90. The minimum absolute atomic E-state index is 0.0965. The van der Waals surface area contributed by atoms with Gasteiger partial charge in [0.1, 0.15) is 16.9 Å². The molecule has 1 saturated heterocycles. The van der Waals surface area contributed by atoms with Crippen molar-refractivity contribution in [3.8, 4) is 5.75 Å². The Labute approximate surface area is 163 Å². The maximum absolute atomic E-state index is 12.9. The number of ether oxygens (including phenoxy) is 1. The number of nitrogens with zero attached hydrogens (tertiary/aromatic N) is 1. The molecule has 4 rings (SSSR count). The van der Waals surface area contributed by atoms with Gasteiger partial charge in [0.05, 0.1) is 7.11 Å². The second-order valence-corrected chi connectivity index (χ2v) is 7.28. The van der Waals surface area contributed by atoms with Crippen LogP contribution in [0.5, 0.6) is 5.75 Å². The van der Waals surface area contributed by atoms with Crippen LogP contribution in [0.25, 0.3) is 11.0 Å². The van der Waals surface area contributed by atoms with Gasteiger partial charge >= 0.3 is 5.63 Å². The first-order valence-corrected chi connectivity index (χ1v) is 9.59. The van der Waals surface area contributed by atoms with Crippen LogP contribution in [0.2, 0.25) is 0 Å². The number of piperidine rings is 1. The van der Waals surface area contributed by atoms with E-state index in [1.165, 1.54) is 5.56 Å². The average Bonchev–Trinajstić information content (AvgIpc) is 2.73. The molecule has 1 amide bonds. The molecule has 0 spiro atoms. The fourth-order valence-corrected chi connectivity index (χ4v) is 3.83. The number of carbonyl (C=O) groups is 1. The quantitative estimate of drug-likeness (QED) is 0.647. The molecule has 0 aliphatic carbocycles. The van der Waals surface area contributed by atoms with Crippen molar-refractivity contribution in [2.24, 2.45) is 5.92 Å². The van der Waals surface area contributed by atoms with E-state index in [1.54, 1.807) is 36.3 Å². The summed E-state index contributed by atoms with van der Waals surface area (Å²) in [5.41, 5.74) is 1.25. The van der Waals surface area contributed by atoms with Gasteiger partial charge in [0.25, 0.3) is 5.91 Å². The molecule has 1 aliphatic heterocycles. The van der Waals surface area contributed by atoms with Crippen molar-refractivity contribution in [1.82, 2.24) is 4.90 Å². The maximum Gasteiger partial charge on any atom is 0.349 e. The molecule has 3 aromatic rings. The van der Waals surface area contributed by atoms with Gasteiger partial charge in [-0.05, 0) is 48.9 Å². The third-order valence-electron chi connectivity index (χ3n) is 5.44. The zero-order chi connectivity index (χ0) is 19.5. The minimum atomic E-state index is -0.600. The smallest absolute Gasteiger partial charge is 0.349 e. The lowest BCUT2D eigenvalue weighted by Crippen LogP contribution is -2.40. The van der Waals surface area contributed by atoms with Crippen molar-refractivity contribution in [2.45, 2.75) is 19.3 Å². The second kappa shape index (κ2) is 7.89. The molecule has 5 heteroatoms. The van der Waals surface area contributed by atoms with E-state index in [2.05, 4.69) is 24.3 Å². The van der Waals surface area contributed by atoms with Crippen LogP contribution < -0.4 is 10.4 Å². The SMILES string of the molecule is COc1ccc2cc(C(=O)N3CCC(Cc4ccccc4)CC3)c(=O)oc2c1. The van der Waals surface area contributed by atoms with Gasteiger partial charge < -0.3 is 14.1 Å². The predicted molar refractivity (Wildman–Crippen MR) is 108 cm³/mol. The van der Waals surface area contributed by atoms with E-state index in [-0.39, 0.29) is 11.5 Å². The topological polar surface area (TPSA) is 59.8 Å². The van der Waals surface area contributed by atoms with Crippen LogP contribution in [-0.2, 0) is 6.42 Å². The highest BCUT2D eigenvalue weighted by atomic mass is 16.5. The molecular weight excluding hydrogens is 354 g/mol. The summed E-state index contributed by atoms with van der Waals surface area (Å²) in [6.07, 6.45) is 2.91. The van der Waals surface area contributed by atoms with E-state index in [1.807, 2.05) is 6.07 Å². The summed E-state index contributed by atoms with van der Waals surface area (Å²) in [5, 5.41) is 0.711. The zero-order valence-corrected chi connectivity index (χ0v) is 15.9. The van der Waals surface area contributed by atoms with E-state index in [4.69, 9.17) is 9.15 Å². The number of amides is 1. The van der Waals surface area contributed by atoms with Gasteiger partial charge in [-0.1, -0.05) is 30.3 Å². The molecular formula is C23H23NO4. The summed E-state index contributed by atoms with van der Waals surface area (Å²) < 4.78 is 10.5. The molecule has 0 bridgehead atoms. The molecule has 0 N–H and O–H groups in total. The predicted octanol–water partition coefficient (Wildman–Crippen LogP) is 3.90. The van der Waals surface area contributed by atoms with Crippen molar-refractivity contribution in [3.05, 3.63) is 76.1 Å². The lowest BCUT2D eigenvalue weighted by molar-refractivity contribution is 0.0686. The number of benzene rings is 2. The van der Waals surface area contributed by atoms with Crippen LogP contribution in [-0.4, -0.2) is 31.0 Å². The van der Waals surface area contributed by atoms with Crippen LogP contribution in [0.15, 0.2) is 63.8 Å². The molecule has 5 nitrogen and oxygen atoms in total. The van der Waals surface area contributed by atoms with Crippen molar-refractivity contribution in [1.29, 1.82) is 0 Å². The van der Waals surface area contributed by atoms with Crippen molar-refractivity contribution in [2.75, 3.05) is 20.2 Å². The highest BCUT2D eigenvalue weighted by Crippen LogP contribution is 2.24. The number of fused-ring (bicyclic) bond motifs is 1. The summed E-state index contributed by atoms with van der Waals surface area (Å²) in [4.78, 5) is 27.0. The van der Waals surface area contributed by atoms with E-state index in [0.717, 1.165) is 19.3 Å². The summed E-state index contributed by atoms with van der Waals surface area (Å²) in [6.45, 7) is 1.33. The van der Waals surface area contributed by atoms with Gasteiger partial charge in [-0.25, -0.2) is 4.79 Å². The number of likely N-dealkylation sites (tertiary alicyclic amines) is 1. The van der Waals surface area contributed by atoms with Crippen molar-refractivity contribution in [3.63, 3.8) is 0 Å².